The number of halogens is 4. The zero-order valence-electron chi connectivity index (χ0n) is 9.96. The summed E-state index contributed by atoms with van der Waals surface area (Å²) in [6, 6.07) is 7.34. The Morgan fingerprint density at radius 1 is 1.10 bits per heavy atom. The highest BCUT2D eigenvalue weighted by atomic mass is 79.9. The van der Waals surface area contributed by atoms with Gasteiger partial charge in [0.15, 0.2) is 11.6 Å². The molecule has 6 heteroatoms. The van der Waals surface area contributed by atoms with Crippen LogP contribution in [0.3, 0.4) is 0 Å². The molecule has 0 amide bonds. The molecule has 0 aliphatic rings. The molecule has 0 spiro atoms. The molecule has 102 valence electrons. The Bertz CT molecular complexity index is 674. The van der Waals surface area contributed by atoms with Crippen LogP contribution in [0.5, 0.6) is 5.75 Å². The SMILES string of the molecule is N#Cc1cc(COc2c(F)cc(F)cc2Br)ccc1F. The van der Waals surface area contributed by atoms with E-state index >= 15 is 0 Å². The largest absolute Gasteiger partial charge is 0.485 e. The molecule has 0 saturated heterocycles. The molecule has 0 bridgehead atoms. The third-order valence-corrected chi connectivity index (χ3v) is 3.09. The zero-order chi connectivity index (χ0) is 14.7. The van der Waals surface area contributed by atoms with Gasteiger partial charge in [-0.05, 0) is 39.7 Å². The van der Waals surface area contributed by atoms with Crippen LogP contribution in [0, 0.1) is 28.8 Å². The highest BCUT2D eigenvalue weighted by Crippen LogP contribution is 2.30. The van der Waals surface area contributed by atoms with Gasteiger partial charge in [-0.2, -0.15) is 5.26 Å². The van der Waals surface area contributed by atoms with Gasteiger partial charge in [0.1, 0.15) is 24.3 Å². The van der Waals surface area contributed by atoms with Gasteiger partial charge in [-0.25, -0.2) is 13.2 Å². The van der Waals surface area contributed by atoms with E-state index in [0.717, 1.165) is 12.1 Å². The minimum atomic E-state index is -0.848. The quantitative estimate of drug-likeness (QED) is 0.832. The molecular formula is C14H7BrF3NO. The average Bonchev–Trinajstić information content (AvgIpc) is 2.39. The predicted octanol–water partition coefficient (Wildman–Crippen LogP) is 4.32. The average molecular weight is 342 g/mol. The lowest BCUT2D eigenvalue weighted by Crippen LogP contribution is -2.00. The Morgan fingerprint density at radius 3 is 2.50 bits per heavy atom. The summed E-state index contributed by atoms with van der Waals surface area (Å²) in [5, 5.41) is 8.71. The van der Waals surface area contributed by atoms with Crippen molar-refractivity contribution in [1.29, 1.82) is 5.26 Å². The number of rotatable bonds is 3. The molecule has 2 aromatic rings. The van der Waals surface area contributed by atoms with E-state index in [1.807, 2.05) is 0 Å². The van der Waals surface area contributed by atoms with Crippen LogP contribution in [0.1, 0.15) is 11.1 Å². The fraction of sp³-hybridized carbons (Fsp3) is 0.0714. The van der Waals surface area contributed by atoms with Crippen molar-refractivity contribution in [3.63, 3.8) is 0 Å². The lowest BCUT2D eigenvalue weighted by atomic mass is 10.1. The molecule has 0 atom stereocenters. The number of nitriles is 1. The van der Waals surface area contributed by atoms with Gasteiger partial charge in [0.05, 0.1) is 10.0 Å². The third-order valence-electron chi connectivity index (χ3n) is 2.50. The number of hydrogen-bond donors (Lipinski definition) is 0. The van der Waals surface area contributed by atoms with Gasteiger partial charge in [-0.1, -0.05) is 6.07 Å². The number of benzene rings is 2. The van der Waals surface area contributed by atoms with Crippen molar-refractivity contribution in [1.82, 2.24) is 0 Å². The van der Waals surface area contributed by atoms with Crippen molar-refractivity contribution in [2.24, 2.45) is 0 Å². The first kappa shape index (κ1) is 14.4. The molecule has 0 N–H and O–H groups in total. The second-order valence-corrected chi connectivity index (χ2v) is 4.77. The molecule has 0 radical (unpaired) electrons. The van der Waals surface area contributed by atoms with Crippen LogP contribution in [0.25, 0.3) is 0 Å². The second-order valence-electron chi connectivity index (χ2n) is 3.91. The van der Waals surface area contributed by atoms with E-state index in [0.29, 0.717) is 11.6 Å². The van der Waals surface area contributed by atoms with E-state index in [-0.39, 0.29) is 22.4 Å². The second kappa shape index (κ2) is 5.97. The fourth-order valence-electron chi connectivity index (χ4n) is 1.57. The van der Waals surface area contributed by atoms with Gasteiger partial charge in [0.2, 0.25) is 0 Å². The molecule has 2 rings (SSSR count). The van der Waals surface area contributed by atoms with Gasteiger partial charge < -0.3 is 4.74 Å². The number of hydrogen-bond acceptors (Lipinski definition) is 2. The maximum absolute atomic E-state index is 13.5. The van der Waals surface area contributed by atoms with Crippen LogP contribution in [-0.2, 0) is 6.61 Å². The third kappa shape index (κ3) is 3.11. The minimum absolute atomic E-state index is 0.0733. The summed E-state index contributed by atoms with van der Waals surface area (Å²) in [5.74, 6) is -2.35. The first-order valence-corrected chi connectivity index (χ1v) is 6.26. The van der Waals surface area contributed by atoms with Gasteiger partial charge in [0.25, 0.3) is 0 Å². The van der Waals surface area contributed by atoms with Crippen molar-refractivity contribution in [2.75, 3.05) is 0 Å². The van der Waals surface area contributed by atoms with Crippen molar-refractivity contribution < 1.29 is 17.9 Å². The van der Waals surface area contributed by atoms with Crippen molar-refractivity contribution in [3.8, 4) is 11.8 Å². The first-order chi connectivity index (χ1) is 9.51. The summed E-state index contributed by atoms with van der Waals surface area (Å²) in [7, 11) is 0. The smallest absolute Gasteiger partial charge is 0.169 e. The molecule has 0 aromatic heterocycles. The molecule has 0 fully saturated rings. The number of ether oxygens (including phenoxy) is 1. The van der Waals surface area contributed by atoms with E-state index in [1.165, 1.54) is 12.1 Å². The van der Waals surface area contributed by atoms with Crippen LogP contribution < -0.4 is 4.74 Å². The Kier molecular flexibility index (Phi) is 4.30. The Labute approximate surface area is 121 Å². The van der Waals surface area contributed by atoms with Crippen LogP contribution in [-0.4, -0.2) is 0 Å². The molecule has 0 unspecified atom stereocenters. The summed E-state index contributed by atoms with van der Waals surface area (Å²) in [5.41, 5.74) is 0.378. The van der Waals surface area contributed by atoms with Gasteiger partial charge in [-0.15, -0.1) is 0 Å². The van der Waals surface area contributed by atoms with E-state index in [4.69, 9.17) is 10.00 Å². The van der Waals surface area contributed by atoms with E-state index in [2.05, 4.69) is 15.9 Å². The van der Waals surface area contributed by atoms with E-state index < -0.39 is 17.5 Å². The summed E-state index contributed by atoms with van der Waals surface area (Å²) in [6.07, 6.45) is 0. The summed E-state index contributed by atoms with van der Waals surface area (Å²) >= 11 is 2.99. The highest BCUT2D eigenvalue weighted by molar-refractivity contribution is 9.10. The monoisotopic (exact) mass is 341 g/mol. The number of nitrogens with zero attached hydrogens (tertiary/aromatic N) is 1. The van der Waals surface area contributed by atoms with Crippen LogP contribution in [0.15, 0.2) is 34.8 Å². The van der Waals surface area contributed by atoms with Crippen LogP contribution >= 0.6 is 15.9 Å². The van der Waals surface area contributed by atoms with Gasteiger partial charge in [0, 0.05) is 6.07 Å². The van der Waals surface area contributed by atoms with E-state index in [9.17, 15) is 13.2 Å². The van der Waals surface area contributed by atoms with Crippen molar-refractivity contribution in [3.05, 3.63) is 63.4 Å². The lowest BCUT2D eigenvalue weighted by Gasteiger charge is -2.10. The molecular weight excluding hydrogens is 335 g/mol. The van der Waals surface area contributed by atoms with Crippen molar-refractivity contribution >= 4 is 15.9 Å². The zero-order valence-corrected chi connectivity index (χ0v) is 11.5. The molecule has 0 aliphatic heterocycles. The molecule has 0 aliphatic carbocycles. The summed E-state index contributed by atoms with van der Waals surface area (Å²) in [4.78, 5) is 0. The minimum Gasteiger partial charge on any atom is -0.485 e. The van der Waals surface area contributed by atoms with Crippen molar-refractivity contribution in [2.45, 2.75) is 6.61 Å². The van der Waals surface area contributed by atoms with Gasteiger partial charge in [-0.3, -0.25) is 0 Å². The first-order valence-electron chi connectivity index (χ1n) is 5.47. The van der Waals surface area contributed by atoms with E-state index in [1.54, 1.807) is 6.07 Å². The lowest BCUT2D eigenvalue weighted by molar-refractivity contribution is 0.287. The Morgan fingerprint density at radius 2 is 1.85 bits per heavy atom. The fourth-order valence-corrected chi connectivity index (χ4v) is 2.09. The highest BCUT2D eigenvalue weighted by Gasteiger charge is 2.11. The molecule has 2 nitrogen and oxygen atoms in total. The molecule has 0 heterocycles. The summed E-state index contributed by atoms with van der Waals surface area (Å²) < 4.78 is 44.9. The predicted molar refractivity (Wildman–Crippen MR) is 69.5 cm³/mol. The Balaban J connectivity index is 2.20. The topological polar surface area (TPSA) is 33.0 Å². The molecule has 2 aromatic carbocycles. The standard InChI is InChI=1S/C14H7BrF3NO/c15-11-4-10(16)5-13(18)14(11)20-7-8-1-2-12(17)9(3-8)6-19/h1-5H,7H2. The maximum atomic E-state index is 13.5. The summed E-state index contributed by atoms with van der Waals surface area (Å²) in [6.45, 7) is -0.0733. The molecule has 0 saturated carbocycles. The van der Waals surface area contributed by atoms with Gasteiger partial charge >= 0.3 is 0 Å². The normalized spacial score (nSPS) is 10.2. The van der Waals surface area contributed by atoms with Crippen LogP contribution in [0.2, 0.25) is 0 Å². The Hall–Kier alpha value is -2.00. The maximum Gasteiger partial charge on any atom is 0.169 e. The van der Waals surface area contributed by atoms with Crippen LogP contribution in [0.4, 0.5) is 13.2 Å². The molecule has 20 heavy (non-hydrogen) atoms.